The van der Waals surface area contributed by atoms with E-state index in [4.69, 9.17) is 9.15 Å². The number of aromatic nitrogens is 4. The van der Waals surface area contributed by atoms with Gasteiger partial charge >= 0.3 is 0 Å². The number of thioether (sulfide) groups is 1. The molecule has 0 aliphatic carbocycles. The Morgan fingerprint density at radius 3 is 2.62 bits per heavy atom. The number of hydrogen-bond acceptors (Lipinski definition) is 6. The molecule has 32 heavy (non-hydrogen) atoms. The minimum absolute atomic E-state index is 0.0566. The van der Waals surface area contributed by atoms with E-state index >= 15 is 0 Å². The average Bonchev–Trinajstić information content (AvgIpc) is 3.51. The van der Waals surface area contributed by atoms with Crippen LogP contribution in [0.1, 0.15) is 34.7 Å². The van der Waals surface area contributed by atoms with Gasteiger partial charge in [-0.3, -0.25) is 9.36 Å². The number of para-hydroxylation sites is 1. The zero-order valence-electron chi connectivity index (χ0n) is 18.6. The highest BCUT2D eigenvalue weighted by Crippen LogP contribution is 2.29. The van der Waals surface area contributed by atoms with E-state index in [-0.39, 0.29) is 17.6 Å². The third kappa shape index (κ3) is 4.28. The van der Waals surface area contributed by atoms with Crippen LogP contribution in [-0.2, 0) is 4.74 Å². The van der Waals surface area contributed by atoms with Crippen LogP contribution in [0.5, 0.6) is 0 Å². The van der Waals surface area contributed by atoms with Crippen LogP contribution >= 0.6 is 11.8 Å². The maximum atomic E-state index is 13.1. The van der Waals surface area contributed by atoms with Gasteiger partial charge in [0, 0.05) is 29.7 Å². The summed E-state index contributed by atoms with van der Waals surface area (Å²) < 4.78 is 14.9. The van der Waals surface area contributed by atoms with Crippen molar-refractivity contribution in [2.45, 2.75) is 32.0 Å². The molecule has 166 valence electrons. The Kier molecular flexibility index (Phi) is 6.62. The maximum absolute atomic E-state index is 13.1. The standard InChI is InChI=1S/C24H26N4O3S/c1-16-13-20(18(3)27(16)17(2)14-30-4)21(29)15-32-24-26-25-23(22-11-8-12-31-22)28(24)19-9-6-5-7-10-19/h5-13,17H,14-15H2,1-4H3/t17-/m1/s1. The number of carbonyl (C=O) groups is 1. The number of carbonyl (C=O) groups excluding carboxylic acids is 1. The second-order valence-electron chi connectivity index (χ2n) is 7.63. The first-order valence-corrected chi connectivity index (χ1v) is 11.4. The van der Waals surface area contributed by atoms with Crippen LogP contribution in [0.2, 0.25) is 0 Å². The monoisotopic (exact) mass is 450 g/mol. The first-order chi connectivity index (χ1) is 15.5. The molecule has 0 fully saturated rings. The van der Waals surface area contributed by atoms with E-state index in [0.29, 0.717) is 23.3 Å². The summed E-state index contributed by atoms with van der Waals surface area (Å²) in [5.74, 6) is 1.53. The highest BCUT2D eigenvalue weighted by atomic mass is 32.2. The molecule has 0 saturated heterocycles. The fourth-order valence-corrected chi connectivity index (χ4v) is 4.84. The molecule has 0 aliphatic rings. The molecule has 3 heterocycles. The van der Waals surface area contributed by atoms with E-state index in [9.17, 15) is 4.79 Å². The number of ether oxygens (including phenoxy) is 1. The summed E-state index contributed by atoms with van der Waals surface area (Å²) in [6, 6.07) is 15.6. The van der Waals surface area contributed by atoms with Crippen molar-refractivity contribution >= 4 is 17.5 Å². The summed E-state index contributed by atoms with van der Waals surface area (Å²) in [5, 5.41) is 9.32. The number of hydrogen-bond donors (Lipinski definition) is 0. The van der Waals surface area contributed by atoms with E-state index in [1.54, 1.807) is 13.4 Å². The maximum Gasteiger partial charge on any atom is 0.205 e. The number of benzene rings is 1. The zero-order valence-corrected chi connectivity index (χ0v) is 19.4. The summed E-state index contributed by atoms with van der Waals surface area (Å²) in [6.07, 6.45) is 1.61. The van der Waals surface area contributed by atoms with Gasteiger partial charge in [-0.15, -0.1) is 10.2 Å². The van der Waals surface area contributed by atoms with E-state index in [2.05, 4.69) is 21.7 Å². The van der Waals surface area contributed by atoms with Crippen LogP contribution in [0.4, 0.5) is 0 Å². The SMILES string of the molecule is COC[C@@H](C)n1c(C)cc(C(=O)CSc2nnc(-c3ccco3)n2-c2ccccc2)c1C. The second-order valence-corrected chi connectivity index (χ2v) is 8.57. The Balaban J connectivity index is 1.60. The van der Waals surface area contributed by atoms with E-state index in [1.807, 2.05) is 66.9 Å². The fourth-order valence-electron chi connectivity index (χ4n) is 4.00. The molecule has 0 unspecified atom stereocenters. The molecule has 0 bridgehead atoms. The van der Waals surface area contributed by atoms with Gasteiger partial charge in [-0.05, 0) is 51.1 Å². The summed E-state index contributed by atoms with van der Waals surface area (Å²) >= 11 is 1.37. The molecule has 0 saturated carbocycles. The molecule has 8 heteroatoms. The van der Waals surface area contributed by atoms with Crippen LogP contribution in [0.3, 0.4) is 0 Å². The van der Waals surface area contributed by atoms with Crippen molar-refractivity contribution in [1.29, 1.82) is 0 Å². The van der Waals surface area contributed by atoms with Crippen LogP contribution in [0.15, 0.2) is 64.4 Å². The van der Waals surface area contributed by atoms with Crippen LogP contribution < -0.4 is 0 Å². The number of rotatable bonds is 9. The first-order valence-electron chi connectivity index (χ1n) is 10.4. The van der Waals surface area contributed by atoms with Crippen LogP contribution in [0, 0.1) is 13.8 Å². The predicted octanol–water partition coefficient (Wildman–Crippen LogP) is 5.13. The van der Waals surface area contributed by atoms with E-state index < -0.39 is 0 Å². The Morgan fingerprint density at radius 1 is 1.16 bits per heavy atom. The largest absolute Gasteiger partial charge is 0.461 e. The normalized spacial score (nSPS) is 12.2. The average molecular weight is 451 g/mol. The molecular weight excluding hydrogens is 424 g/mol. The Labute approximate surface area is 191 Å². The summed E-state index contributed by atoms with van der Waals surface area (Å²) in [4.78, 5) is 13.1. The lowest BCUT2D eigenvalue weighted by Gasteiger charge is -2.17. The number of methoxy groups -OCH3 is 1. The van der Waals surface area contributed by atoms with Crippen LogP contribution in [0.25, 0.3) is 17.3 Å². The number of ketones is 1. The number of furan rings is 1. The molecular formula is C24H26N4O3S. The number of aryl methyl sites for hydroxylation is 1. The van der Waals surface area contributed by atoms with Crippen molar-refractivity contribution in [3.63, 3.8) is 0 Å². The molecule has 3 aromatic heterocycles. The third-order valence-corrected chi connectivity index (χ3v) is 6.28. The van der Waals surface area contributed by atoms with E-state index in [0.717, 1.165) is 22.6 Å². The fraction of sp³-hybridized carbons (Fsp3) is 0.292. The van der Waals surface area contributed by atoms with Gasteiger partial charge in [-0.25, -0.2) is 0 Å². The molecule has 0 spiro atoms. The smallest absolute Gasteiger partial charge is 0.205 e. The number of Topliss-reactive ketones (excluding diaryl/α,β-unsaturated/α-hetero) is 1. The lowest BCUT2D eigenvalue weighted by atomic mass is 10.2. The van der Waals surface area contributed by atoms with Gasteiger partial charge in [0.15, 0.2) is 16.7 Å². The quantitative estimate of drug-likeness (QED) is 0.260. The molecule has 4 rings (SSSR count). The lowest BCUT2D eigenvalue weighted by molar-refractivity contribution is 0.102. The first kappa shape index (κ1) is 22.1. The van der Waals surface area contributed by atoms with Gasteiger partial charge < -0.3 is 13.7 Å². The van der Waals surface area contributed by atoms with Crippen molar-refractivity contribution in [2.75, 3.05) is 19.5 Å². The Morgan fingerprint density at radius 2 is 1.94 bits per heavy atom. The molecule has 1 atom stereocenters. The van der Waals surface area contributed by atoms with Crippen LogP contribution in [-0.4, -0.2) is 44.6 Å². The Bertz CT molecular complexity index is 1200. The van der Waals surface area contributed by atoms with Gasteiger partial charge in [-0.2, -0.15) is 0 Å². The van der Waals surface area contributed by atoms with E-state index in [1.165, 1.54) is 11.8 Å². The highest BCUT2D eigenvalue weighted by molar-refractivity contribution is 7.99. The molecule has 1 aromatic carbocycles. The summed E-state index contributed by atoms with van der Waals surface area (Å²) in [6.45, 7) is 6.68. The number of nitrogens with zero attached hydrogens (tertiary/aromatic N) is 4. The molecule has 0 aliphatic heterocycles. The predicted molar refractivity (Wildman–Crippen MR) is 125 cm³/mol. The van der Waals surface area contributed by atoms with Gasteiger partial charge in [0.25, 0.3) is 0 Å². The third-order valence-electron chi connectivity index (χ3n) is 5.36. The minimum atomic E-state index is 0.0566. The lowest BCUT2D eigenvalue weighted by Crippen LogP contribution is -2.14. The Hall–Kier alpha value is -3.10. The zero-order chi connectivity index (χ0) is 22.7. The topological polar surface area (TPSA) is 75.1 Å². The molecule has 7 nitrogen and oxygen atoms in total. The summed E-state index contributed by atoms with van der Waals surface area (Å²) in [5.41, 5.74) is 3.65. The molecule has 4 aromatic rings. The van der Waals surface area contributed by atoms with Crippen molar-refractivity contribution in [3.8, 4) is 17.3 Å². The van der Waals surface area contributed by atoms with Crippen molar-refractivity contribution in [3.05, 3.63) is 71.7 Å². The molecule has 0 radical (unpaired) electrons. The minimum Gasteiger partial charge on any atom is -0.461 e. The van der Waals surface area contributed by atoms with Crippen molar-refractivity contribution in [1.82, 2.24) is 19.3 Å². The highest BCUT2D eigenvalue weighted by Gasteiger charge is 2.22. The van der Waals surface area contributed by atoms with Crippen molar-refractivity contribution < 1.29 is 13.9 Å². The van der Waals surface area contributed by atoms with Gasteiger partial charge in [-0.1, -0.05) is 30.0 Å². The van der Waals surface area contributed by atoms with Gasteiger partial charge in [0.05, 0.1) is 24.7 Å². The molecule has 0 amide bonds. The van der Waals surface area contributed by atoms with Gasteiger partial charge in [0.1, 0.15) is 0 Å². The van der Waals surface area contributed by atoms with Gasteiger partial charge in [0.2, 0.25) is 5.82 Å². The summed E-state index contributed by atoms with van der Waals surface area (Å²) in [7, 11) is 1.69. The second kappa shape index (κ2) is 9.58. The molecule has 0 N–H and O–H groups in total. The van der Waals surface area contributed by atoms with Crippen molar-refractivity contribution in [2.24, 2.45) is 0 Å².